The molecule has 0 bridgehead atoms. The van der Waals surface area contributed by atoms with Crippen LogP contribution in [0.25, 0.3) is 10.2 Å². The van der Waals surface area contributed by atoms with Gasteiger partial charge in [0.15, 0.2) is 0 Å². The van der Waals surface area contributed by atoms with Gasteiger partial charge in [-0.15, -0.1) is 11.3 Å². The van der Waals surface area contributed by atoms with Crippen LogP contribution >= 0.6 is 23.1 Å². The van der Waals surface area contributed by atoms with Crippen LogP contribution in [0.1, 0.15) is 23.3 Å². The third-order valence-electron chi connectivity index (χ3n) is 2.92. The third-order valence-corrected chi connectivity index (χ3v) is 4.83. The summed E-state index contributed by atoms with van der Waals surface area (Å²) in [6.07, 6.45) is 5.72. The quantitative estimate of drug-likeness (QED) is 0.613. The number of fused-ring (bicyclic) bond motifs is 3. The van der Waals surface area contributed by atoms with Gasteiger partial charge in [0.1, 0.15) is 16.2 Å². The molecule has 0 fully saturated rings. The van der Waals surface area contributed by atoms with Crippen LogP contribution in [0, 0.1) is 0 Å². The van der Waals surface area contributed by atoms with Crippen molar-refractivity contribution in [2.75, 3.05) is 0 Å². The van der Waals surface area contributed by atoms with Crippen molar-refractivity contribution >= 4 is 33.3 Å². The predicted molar refractivity (Wildman–Crippen MR) is 65.9 cm³/mol. The molecule has 3 rings (SSSR count). The molecule has 90 valence electrons. The Morgan fingerprint density at radius 1 is 1.24 bits per heavy atom. The van der Waals surface area contributed by atoms with Gasteiger partial charge in [-0.2, -0.15) is 8.78 Å². The highest BCUT2D eigenvalue weighted by molar-refractivity contribution is 7.99. The molecular formula is C11H10F2N2S2. The first-order chi connectivity index (χ1) is 8.25. The van der Waals surface area contributed by atoms with Gasteiger partial charge in [-0.05, 0) is 43.0 Å². The van der Waals surface area contributed by atoms with Gasteiger partial charge < -0.3 is 0 Å². The molecule has 1 aliphatic carbocycles. The maximum atomic E-state index is 12.5. The Labute approximate surface area is 105 Å². The Morgan fingerprint density at radius 3 is 2.88 bits per heavy atom. The largest absolute Gasteiger partial charge is 0.290 e. The molecule has 2 aromatic heterocycles. The molecule has 0 saturated heterocycles. The summed E-state index contributed by atoms with van der Waals surface area (Å²) in [6.45, 7) is 0. The Hall–Kier alpha value is -0.750. The van der Waals surface area contributed by atoms with Gasteiger partial charge in [-0.3, -0.25) is 0 Å². The van der Waals surface area contributed by atoms with E-state index in [9.17, 15) is 8.78 Å². The Kier molecular flexibility index (Phi) is 3.00. The monoisotopic (exact) mass is 272 g/mol. The van der Waals surface area contributed by atoms with Crippen LogP contribution in [0.15, 0.2) is 11.4 Å². The summed E-state index contributed by atoms with van der Waals surface area (Å²) >= 11 is 2.16. The number of thiophene rings is 1. The third kappa shape index (κ3) is 2.04. The molecule has 1 aliphatic rings. The van der Waals surface area contributed by atoms with Crippen LogP contribution in [0.3, 0.4) is 0 Å². The normalized spacial score (nSPS) is 15.5. The maximum Gasteiger partial charge on any atom is 0.290 e. The van der Waals surface area contributed by atoms with Crippen molar-refractivity contribution in [3.8, 4) is 0 Å². The average Bonchev–Trinajstić information content (AvgIpc) is 2.67. The van der Waals surface area contributed by atoms with Crippen LogP contribution in [-0.2, 0) is 12.8 Å². The summed E-state index contributed by atoms with van der Waals surface area (Å²) in [5.41, 5.74) is 1.21. The molecule has 0 unspecified atom stereocenters. The smallest absolute Gasteiger partial charge is 0.229 e. The van der Waals surface area contributed by atoms with Gasteiger partial charge in [-0.1, -0.05) is 0 Å². The van der Waals surface area contributed by atoms with Crippen LogP contribution in [0.5, 0.6) is 0 Å². The molecule has 0 spiro atoms. The van der Waals surface area contributed by atoms with E-state index in [1.807, 2.05) is 0 Å². The van der Waals surface area contributed by atoms with Gasteiger partial charge in [0, 0.05) is 10.3 Å². The maximum absolute atomic E-state index is 12.5. The Bertz CT molecular complexity index is 554. The van der Waals surface area contributed by atoms with Crippen LogP contribution in [0.4, 0.5) is 8.78 Å². The lowest BCUT2D eigenvalue weighted by molar-refractivity contribution is 0.252. The van der Waals surface area contributed by atoms with Gasteiger partial charge in [-0.25, -0.2) is 9.97 Å². The Balaban J connectivity index is 2.18. The highest BCUT2D eigenvalue weighted by Gasteiger charge is 2.21. The molecule has 0 atom stereocenters. The molecule has 0 radical (unpaired) electrons. The van der Waals surface area contributed by atoms with E-state index in [4.69, 9.17) is 0 Å². The standard InChI is InChI=1S/C11H10F2N2S2/c12-11(13)17-10-8-6-3-1-2-4-7(6)16-9(8)14-5-15-10/h5,11H,1-4H2. The molecule has 17 heavy (non-hydrogen) atoms. The van der Waals surface area contributed by atoms with E-state index < -0.39 is 5.76 Å². The zero-order chi connectivity index (χ0) is 11.8. The molecule has 0 N–H and O–H groups in total. The van der Waals surface area contributed by atoms with Crippen molar-refractivity contribution in [3.05, 3.63) is 16.8 Å². The summed E-state index contributed by atoms with van der Waals surface area (Å²) in [7, 11) is 0. The van der Waals surface area contributed by atoms with Crippen molar-refractivity contribution in [2.45, 2.75) is 36.5 Å². The fourth-order valence-corrected chi connectivity index (χ4v) is 4.14. The van der Waals surface area contributed by atoms with Crippen molar-refractivity contribution < 1.29 is 8.78 Å². The molecule has 2 aromatic rings. The average molecular weight is 272 g/mol. The number of hydrogen-bond donors (Lipinski definition) is 0. The number of hydrogen-bond acceptors (Lipinski definition) is 4. The molecule has 2 nitrogen and oxygen atoms in total. The SMILES string of the molecule is FC(F)Sc1ncnc2sc3c(c12)CCCC3. The minimum atomic E-state index is -2.42. The van der Waals surface area contributed by atoms with E-state index in [-0.39, 0.29) is 0 Å². The predicted octanol–water partition coefficient (Wildman–Crippen LogP) is 3.88. The first-order valence-corrected chi connectivity index (χ1v) is 7.15. The molecule has 2 heterocycles. The van der Waals surface area contributed by atoms with Crippen molar-refractivity contribution in [2.24, 2.45) is 0 Å². The number of halogens is 2. The number of rotatable bonds is 2. The minimum Gasteiger partial charge on any atom is -0.229 e. The highest BCUT2D eigenvalue weighted by atomic mass is 32.2. The van der Waals surface area contributed by atoms with Crippen molar-refractivity contribution in [1.29, 1.82) is 0 Å². The molecular weight excluding hydrogens is 262 g/mol. The zero-order valence-corrected chi connectivity index (χ0v) is 10.6. The first kappa shape index (κ1) is 11.3. The lowest BCUT2D eigenvalue weighted by Gasteiger charge is -2.11. The molecule has 0 aliphatic heterocycles. The molecule has 0 saturated carbocycles. The highest BCUT2D eigenvalue weighted by Crippen LogP contribution is 2.40. The second kappa shape index (κ2) is 4.49. The van der Waals surface area contributed by atoms with Gasteiger partial charge in [0.25, 0.3) is 5.76 Å². The summed E-state index contributed by atoms with van der Waals surface area (Å²) in [5, 5.41) is 1.31. The minimum absolute atomic E-state index is 0.435. The van der Waals surface area contributed by atoms with Crippen LogP contribution in [0.2, 0.25) is 0 Å². The lowest BCUT2D eigenvalue weighted by atomic mass is 9.97. The fourth-order valence-electron chi connectivity index (χ4n) is 2.23. The second-order valence-corrected chi connectivity index (χ2v) is 6.01. The summed E-state index contributed by atoms with van der Waals surface area (Å²) in [5.74, 6) is -2.42. The van der Waals surface area contributed by atoms with Crippen LogP contribution < -0.4 is 0 Å². The van der Waals surface area contributed by atoms with E-state index in [0.717, 1.165) is 29.5 Å². The van der Waals surface area contributed by atoms with E-state index in [1.165, 1.54) is 23.2 Å². The number of thioether (sulfide) groups is 1. The topological polar surface area (TPSA) is 25.8 Å². The molecule has 0 aromatic carbocycles. The second-order valence-electron chi connectivity index (χ2n) is 3.95. The van der Waals surface area contributed by atoms with Crippen molar-refractivity contribution in [1.82, 2.24) is 9.97 Å². The molecule has 6 heteroatoms. The van der Waals surface area contributed by atoms with Gasteiger partial charge >= 0.3 is 0 Å². The summed E-state index contributed by atoms with van der Waals surface area (Å²) in [4.78, 5) is 10.4. The number of aromatic nitrogens is 2. The van der Waals surface area contributed by atoms with Crippen LogP contribution in [-0.4, -0.2) is 15.7 Å². The first-order valence-electron chi connectivity index (χ1n) is 5.46. The lowest BCUT2D eigenvalue weighted by Crippen LogP contribution is -1.99. The van der Waals surface area contributed by atoms with Gasteiger partial charge in [0.05, 0.1) is 0 Å². The summed E-state index contributed by atoms with van der Waals surface area (Å²) in [6, 6.07) is 0. The van der Waals surface area contributed by atoms with Crippen molar-refractivity contribution in [3.63, 3.8) is 0 Å². The fraction of sp³-hybridized carbons (Fsp3) is 0.455. The van der Waals surface area contributed by atoms with E-state index in [1.54, 1.807) is 11.3 Å². The van der Waals surface area contributed by atoms with E-state index in [2.05, 4.69) is 9.97 Å². The molecule has 0 amide bonds. The number of alkyl halides is 2. The van der Waals surface area contributed by atoms with Gasteiger partial charge in [0.2, 0.25) is 0 Å². The summed E-state index contributed by atoms with van der Waals surface area (Å²) < 4.78 is 25.0. The van der Waals surface area contributed by atoms with E-state index in [0.29, 0.717) is 16.8 Å². The number of nitrogens with zero attached hydrogens (tertiary/aromatic N) is 2. The van der Waals surface area contributed by atoms with E-state index >= 15 is 0 Å². The number of aryl methyl sites for hydroxylation is 2. The zero-order valence-electron chi connectivity index (χ0n) is 8.95. The Morgan fingerprint density at radius 2 is 2.06 bits per heavy atom.